The fourth-order valence-electron chi connectivity index (χ4n) is 1.87. The van der Waals surface area contributed by atoms with E-state index >= 15 is 0 Å². The quantitative estimate of drug-likeness (QED) is 0.868. The third-order valence-corrected chi connectivity index (χ3v) is 2.86. The van der Waals surface area contributed by atoms with Gasteiger partial charge in [-0.05, 0) is 36.8 Å². The zero-order chi connectivity index (χ0) is 14.4. The van der Waals surface area contributed by atoms with Gasteiger partial charge in [0.2, 0.25) is 0 Å². The Hall–Kier alpha value is -2.23. The Labute approximate surface area is 118 Å². The van der Waals surface area contributed by atoms with E-state index in [1.54, 1.807) is 19.2 Å². The molecule has 0 spiro atoms. The molecule has 0 saturated carbocycles. The molecule has 0 amide bonds. The van der Waals surface area contributed by atoms with Crippen LogP contribution in [0.15, 0.2) is 42.5 Å². The highest BCUT2D eigenvalue weighted by molar-refractivity contribution is 5.48. The van der Waals surface area contributed by atoms with Crippen molar-refractivity contribution >= 4 is 5.69 Å². The van der Waals surface area contributed by atoms with E-state index in [0.29, 0.717) is 18.8 Å². The fourth-order valence-corrected chi connectivity index (χ4v) is 1.87. The normalized spacial score (nSPS) is 10.2. The van der Waals surface area contributed by atoms with Crippen molar-refractivity contribution in [2.24, 2.45) is 0 Å². The molecule has 2 rings (SSSR count). The first-order valence-corrected chi connectivity index (χ1v) is 6.52. The van der Waals surface area contributed by atoms with Crippen molar-refractivity contribution in [1.82, 2.24) is 0 Å². The van der Waals surface area contributed by atoms with Crippen molar-refractivity contribution in [3.8, 4) is 11.5 Å². The summed E-state index contributed by atoms with van der Waals surface area (Å²) in [5.41, 5.74) is 1.78. The number of rotatable bonds is 6. The molecule has 2 aromatic carbocycles. The van der Waals surface area contributed by atoms with Crippen molar-refractivity contribution in [2.75, 3.05) is 19.0 Å². The minimum atomic E-state index is -0.359. The summed E-state index contributed by atoms with van der Waals surface area (Å²) in [6.07, 6.45) is 0. The van der Waals surface area contributed by atoms with Crippen LogP contribution < -0.4 is 14.8 Å². The van der Waals surface area contributed by atoms with Gasteiger partial charge in [-0.3, -0.25) is 0 Å². The Morgan fingerprint density at radius 1 is 1.15 bits per heavy atom. The van der Waals surface area contributed by atoms with Crippen LogP contribution in [0.1, 0.15) is 12.5 Å². The highest BCUT2D eigenvalue weighted by atomic mass is 19.1. The summed E-state index contributed by atoms with van der Waals surface area (Å²) in [4.78, 5) is 0. The Morgan fingerprint density at radius 3 is 2.70 bits per heavy atom. The summed E-state index contributed by atoms with van der Waals surface area (Å²) >= 11 is 0. The maximum absolute atomic E-state index is 13.7. The van der Waals surface area contributed by atoms with E-state index < -0.39 is 0 Å². The molecule has 0 radical (unpaired) electrons. The number of nitrogens with one attached hydrogen (secondary N) is 1. The van der Waals surface area contributed by atoms with E-state index in [-0.39, 0.29) is 11.6 Å². The van der Waals surface area contributed by atoms with Crippen LogP contribution in [0.4, 0.5) is 10.1 Å². The topological polar surface area (TPSA) is 30.5 Å². The standard InChI is InChI=1S/C16H18FNO2/c1-3-20-16-8-7-13(10-15(16)17)18-11-12-5-4-6-14(9-12)19-2/h4-10,18H,3,11H2,1-2H3. The summed E-state index contributed by atoms with van der Waals surface area (Å²) in [7, 11) is 1.63. The van der Waals surface area contributed by atoms with Gasteiger partial charge in [-0.15, -0.1) is 0 Å². The number of halogens is 1. The highest BCUT2D eigenvalue weighted by Crippen LogP contribution is 2.22. The zero-order valence-corrected chi connectivity index (χ0v) is 11.7. The van der Waals surface area contributed by atoms with Crippen LogP contribution >= 0.6 is 0 Å². The largest absolute Gasteiger partial charge is 0.497 e. The van der Waals surface area contributed by atoms with Crippen LogP contribution in [0.2, 0.25) is 0 Å². The molecule has 1 N–H and O–H groups in total. The number of ether oxygens (including phenoxy) is 2. The molecule has 4 heteroatoms. The van der Waals surface area contributed by atoms with Gasteiger partial charge in [0.05, 0.1) is 13.7 Å². The monoisotopic (exact) mass is 275 g/mol. The van der Waals surface area contributed by atoms with Gasteiger partial charge in [-0.25, -0.2) is 4.39 Å². The van der Waals surface area contributed by atoms with Crippen LogP contribution in [0.5, 0.6) is 11.5 Å². The lowest BCUT2D eigenvalue weighted by Gasteiger charge is -2.10. The molecule has 0 aliphatic carbocycles. The molecule has 0 bridgehead atoms. The third kappa shape index (κ3) is 3.63. The molecule has 0 unspecified atom stereocenters. The van der Waals surface area contributed by atoms with Gasteiger partial charge in [-0.1, -0.05) is 12.1 Å². The molecule has 106 valence electrons. The van der Waals surface area contributed by atoms with Crippen molar-refractivity contribution < 1.29 is 13.9 Å². The summed E-state index contributed by atoms with van der Waals surface area (Å²) in [6.45, 7) is 2.88. The average Bonchev–Trinajstić information content (AvgIpc) is 2.48. The van der Waals surface area contributed by atoms with Crippen LogP contribution in [-0.2, 0) is 6.54 Å². The van der Waals surface area contributed by atoms with Crippen molar-refractivity contribution in [1.29, 1.82) is 0 Å². The highest BCUT2D eigenvalue weighted by Gasteiger charge is 2.04. The van der Waals surface area contributed by atoms with Gasteiger partial charge in [0, 0.05) is 18.3 Å². The van der Waals surface area contributed by atoms with Gasteiger partial charge in [0.1, 0.15) is 5.75 Å². The molecule has 2 aromatic rings. The molecule has 0 aliphatic heterocycles. The molecule has 0 fully saturated rings. The first-order chi connectivity index (χ1) is 9.72. The second-order valence-corrected chi connectivity index (χ2v) is 4.28. The van der Waals surface area contributed by atoms with E-state index in [1.807, 2.05) is 31.2 Å². The van der Waals surface area contributed by atoms with Crippen molar-refractivity contribution in [2.45, 2.75) is 13.5 Å². The van der Waals surface area contributed by atoms with Gasteiger partial charge in [0.25, 0.3) is 0 Å². The maximum Gasteiger partial charge on any atom is 0.167 e. The average molecular weight is 275 g/mol. The molecule has 0 aliphatic rings. The van der Waals surface area contributed by atoms with Crippen molar-refractivity contribution in [3.63, 3.8) is 0 Å². The lowest BCUT2D eigenvalue weighted by atomic mass is 10.2. The van der Waals surface area contributed by atoms with Crippen LogP contribution in [0.3, 0.4) is 0 Å². The van der Waals surface area contributed by atoms with Crippen molar-refractivity contribution in [3.05, 3.63) is 53.8 Å². The first kappa shape index (κ1) is 14.2. The van der Waals surface area contributed by atoms with E-state index in [0.717, 1.165) is 11.3 Å². The lowest BCUT2D eigenvalue weighted by Crippen LogP contribution is -2.01. The second-order valence-electron chi connectivity index (χ2n) is 4.28. The number of hydrogen-bond donors (Lipinski definition) is 1. The van der Waals surface area contributed by atoms with Crippen LogP contribution in [0.25, 0.3) is 0 Å². The molecule has 0 atom stereocenters. The summed E-state index contributed by atoms with van der Waals surface area (Å²) in [5.74, 6) is 0.726. The SMILES string of the molecule is CCOc1ccc(NCc2cccc(OC)c2)cc1F. The molecule has 20 heavy (non-hydrogen) atoms. The first-order valence-electron chi connectivity index (χ1n) is 6.52. The Balaban J connectivity index is 2.01. The van der Waals surface area contributed by atoms with E-state index in [4.69, 9.17) is 9.47 Å². The number of hydrogen-bond acceptors (Lipinski definition) is 3. The van der Waals surface area contributed by atoms with Gasteiger partial charge in [0.15, 0.2) is 11.6 Å². The second kappa shape index (κ2) is 6.80. The molecular weight excluding hydrogens is 257 g/mol. The molecule has 0 heterocycles. The molecule has 0 saturated heterocycles. The Kier molecular flexibility index (Phi) is 4.82. The number of benzene rings is 2. The van der Waals surface area contributed by atoms with Crippen LogP contribution in [0, 0.1) is 5.82 Å². The summed E-state index contributed by atoms with van der Waals surface area (Å²) in [5, 5.41) is 3.17. The smallest absolute Gasteiger partial charge is 0.167 e. The maximum atomic E-state index is 13.7. The van der Waals surface area contributed by atoms with Gasteiger partial charge >= 0.3 is 0 Å². The van der Waals surface area contributed by atoms with E-state index in [2.05, 4.69) is 5.32 Å². The fraction of sp³-hybridized carbons (Fsp3) is 0.250. The Bertz CT molecular complexity index is 572. The number of anilines is 1. The number of methoxy groups -OCH3 is 1. The summed E-state index contributed by atoms with van der Waals surface area (Å²) < 4.78 is 24.0. The van der Waals surface area contributed by atoms with Gasteiger partial charge < -0.3 is 14.8 Å². The molecular formula is C16H18FNO2. The minimum Gasteiger partial charge on any atom is -0.497 e. The van der Waals surface area contributed by atoms with Gasteiger partial charge in [-0.2, -0.15) is 0 Å². The predicted octanol–water partition coefficient (Wildman–Crippen LogP) is 3.85. The van der Waals surface area contributed by atoms with E-state index in [1.165, 1.54) is 6.07 Å². The summed E-state index contributed by atoms with van der Waals surface area (Å²) in [6, 6.07) is 12.6. The lowest BCUT2D eigenvalue weighted by molar-refractivity contribution is 0.321. The Morgan fingerprint density at radius 2 is 2.00 bits per heavy atom. The zero-order valence-electron chi connectivity index (χ0n) is 11.7. The third-order valence-electron chi connectivity index (χ3n) is 2.86. The molecule has 3 nitrogen and oxygen atoms in total. The molecule has 0 aromatic heterocycles. The van der Waals surface area contributed by atoms with Crippen LogP contribution in [-0.4, -0.2) is 13.7 Å². The minimum absolute atomic E-state index is 0.277. The predicted molar refractivity (Wildman–Crippen MR) is 77.9 cm³/mol. The van der Waals surface area contributed by atoms with E-state index in [9.17, 15) is 4.39 Å².